The van der Waals surface area contributed by atoms with Crippen molar-refractivity contribution in [3.05, 3.63) is 0 Å². The highest BCUT2D eigenvalue weighted by molar-refractivity contribution is 5.90. The molecule has 2 heterocycles. The fourth-order valence-electron chi connectivity index (χ4n) is 13.7. The second-order valence-corrected chi connectivity index (χ2v) is 32.1. The molecule has 756 valence electrons. The average Bonchev–Trinajstić information content (AvgIpc) is 0.834. The smallest absolute Gasteiger partial charge is 0.317 e. The van der Waals surface area contributed by atoms with Crippen molar-refractivity contribution in [2.45, 2.75) is 51.9 Å². The molecule has 2 saturated heterocycles. The van der Waals surface area contributed by atoms with E-state index in [1.165, 1.54) is 76.7 Å². The van der Waals surface area contributed by atoms with Crippen LogP contribution in [0, 0.1) is 5.41 Å². The van der Waals surface area contributed by atoms with E-state index < -0.39 is 279 Å². The molecule has 0 aliphatic carbocycles. The number of amides is 8. The van der Waals surface area contributed by atoms with Crippen molar-refractivity contribution < 1.29 is 157 Å². The molecule has 8 amide bonds. The van der Waals surface area contributed by atoms with Crippen LogP contribution in [0.4, 0.5) is 0 Å². The predicted octanol–water partition coefficient (Wildman–Crippen LogP) is -14.5. The predicted molar refractivity (Wildman–Crippen MR) is 465 cm³/mol. The monoisotopic (exact) mass is 1910 g/mol. The minimum Gasteiger partial charge on any atom is -0.480 e. The maximum absolute atomic E-state index is 14.3. The van der Waals surface area contributed by atoms with Crippen molar-refractivity contribution in [2.24, 2.45) is 5.41 Å². The standard InChI is InChI=1S/C77H136N24O32/c1-53(80-7-11-92(41-65(114)115)15-13-90(39-63(110)111)9-5-78-37-61(106)107)73(130)82-33-57(102)86-49-77(50-87-58(103)34-83-74(131)54(2)81-8-12-93(42-66(116)117)16-14-91(40-64(112)113)10-6-79-38-62(108)109,51-88-59(104)35-84-75(132)55(3)100-29-25-96(45-69(122)123)21-17-94(43-67(118)119)18-22-97(26-30-100)46-70(124)125)52-89-60(105)36-85-76(133)56(4)101-31-27-98(47-71(126)127)23-19-95(44-68(120)121)20-24-99(28-32-101)48-72(128)129/h53-56,78-81H,5-52H2,1-4H3,(H,82,130)(H,83,131)(H,84,132)(H,85,133)(H,86,102)(H,87,103)(H,88,104)(H,89,105)(H,106,107)(H,108,109)(H,110,111)(H,112,113)(H,114,115)(H,116,117)(H,118,119)(H,120,121)(H,122,123)(H,124,125)(H,126,127)(H,128,129). The molecule has 24 N–H and O–H groups in total. The molecule has 4 atom stereocenters. The van der Waals surface area contributed by atoms with Gasteiger partial charge in [-0.3, -0.25) is 155 Å². The average molecular weight is 1910 g/mol. The molecule has 56 nitrogen and oxygen atoms in total. The zero-order valence-electron chi connectivity index (χ0n) is 75.6. The third-order valence-electron chi connectivity index (χ3n) is 21.3. The molecule has 0 aromatic rings. The highest BCUT2D eigenvalue weighted by atomic mass is 16.4. The Bertz CT molecular complexity index is 3490. The van der Waals surface area contributed by atoms with Gasteiger partial charge in [-0.15, -0.1) is 0 Å². The molecule has 2 aliphatic heterocycles. The molecule has 2 rings (SSSR count). The number of hydrogen-bond acceptors (Lipinski definition) is 36. The van der Waals surface area contributed by atoms with Gasteiger partial charge in [-0.05, 0) is 27.7 Å². The Morgan fingerprint density at radius 2 is 0.451 bits per heavy atom. The number of carboxylic acids is 12. The summed E-state index contributed by atoms with van der Waals surface area (Å²) in [6, 6.07) is -4.41. The number of rotatable bonds is 66. The molecule has 133 heavy (non-hydrogen) atoms. The fourth-order valence-corrected chi connectivity index (χ4v) is 13.7. The van der Waals surface area contributed by atoms with E-state index in [1.807, 2.05) is 0 Å². The number of aliphatic carboxylic acids is 12. The highest BCUT2D eigenvalue weighted by Gasteiger charge is 2.36. The van der Waals surface area contributed by atoms with Gasteiger partial charge in [0, 0.05) is 215 Å². The largest absolute Gasteiger partial charge is 0.480 e. The van der Waals surface area contributed by atoms with E-state index in [1.54, 1.807) is 9.80 Å². The normalized spacial score (nSPS) is 16.3. The van der Waals surface area contributed by atoms with Gasteiger partial charge in [0.2, 0.25) is 47.3 Å². The molecule has 56 heteroatoms. The van der Waals surface area contributed by atoms with Crippen molar-refractivity contribution in [1.29, 1.82) is 0 Å². The lowest BCUT2D eigenvalue weighted by molar-refractivity contribution is -0.141. The SMILES string of the molecule is CC(NCCN(CCN(CCNCC(=O)O)CC(=O)O)CC(=O)O)C(=O)NCC(=O)NCC(CNC(=O)CNC(=O)C(C)NCCN(CCN(CCNCC(=O)O)CC(=O)O)CC(=O)O)(CNC(=O)CNC(=O)C(C)N1CCN(CC(=O)O)CCN(CC(=O)O)CCN(CC(=O)O)CC1)CNC(=O)CNC(=O)C(C)N1CCN(CC(=O)O)CCN(CC(=O)O)CCN(CC(=O)O)CC1. The third kappa shape index (κ3) is 57.1. The third-order valence-corrected chi connectivity index (χ3v) is 21.3. The Labute approximate surface area is 767 Å². The number of hydrogen-bond donors (Lipinski definition) is 24. The first-order valence-corrected chi connectivity index (χ1v) is 43.1. The zero-order valence-corrected chi connectivity index (χ0v) is 75.6. The molecule has 0 spiro atoms. The van der Waals surface area contributed by atoms with Gasteiger partial charge in [0.05, 0.1) is 129 Å². The first-order valence-electron chi connectivity index (χ1n) is 43.1. The van der Waals surface area contributed by atoms with Gasteiger partial charge in [-0.2, -0.15) is 0 Å². The summed E-state index contributed by atoms with van der Waals surface area (Å²) in [7, 11) is 0. The Hall–Kier alpha value is -11.2. The van der Waals surface area contributed by atoms with Crippen molar-refractivity contribution in [1.82, 2.24) is 123 Å². The number of carbonyl (C=O) groups is 20. The van der Waals surface area contributed by atoms with Gasteiger partial charge in [0.1, 0.15) is 0 Å². The minimum atomic E-state index is -1.84. The maximum Gasteiger partial charge on any atom is 0.317 e. The lowest BCUT2D eigenvalue weighted by atomic mass is 9.86. The summed E-state index contributed by atoms with van der Waals surface area (Å²) in [6.07, 6.45) is 0. The van der Waals surface area contributed by atoms with Crippen LogP contribution in [0.15, 0.2) is 0 Å². The molecular weight excluding hydrogens is 1770 g/mol. The summed E-state index contributed by atoms with van der Waals surface area (Å²) in [5.41, 5.74) is -1.84. The van der Waals surface area contributed by atoms with E-state index in [0.717, 1.165) is 0 Å². The van der Waals surface area contributed by atoms with E-state index in [9.17, 15) is 147 Å². The first kappa shape index (κ1) is 118. The maximum atomic E-state index is 14.3. The van der Waals surface area contributed by atoms with Gasteiger partial charge in [-0.25, -0.2) is 0 Å². The van der Waals surface area contributed by atoms with E-state index >= 15 is 0 Å². The molecule has 2 aliphatic rings. The summed E-state index contributed by atoms with van der Waals surface area (Å²) in [4.78, 5) is 272. The lowest BCUT2D eigenvalue weighted by Crippen LogP contribution is -2.59. The quantitative estimate of drug-likeness (QED) is 0.0251. The molecule has 0 aromatic carbocycles. The van der Waals surface area contributed by atoms with E-state index in [-0.39, 0.29) is 183 Å². The van der Waals surface area contributed by atoms with Crippen molar-refractivity contribution in [3.63, 3.8) is 0 Å². The van der Waals surface area contributed by atoms with Crippen LogP contribution in [0.5, 0.6) is 0 Å². The van der Waals surface area contributed by atoms with Gasteiger partial charge < -0.3 is 125 Å². The molecule has 0 aromatic heterocycles. The van der Waals surface area contributed by atoms with Crippen LogP contribution in [0.3, 0.4) is 0 Å². The molecule has 0 saturated carbocycles. The van der Waals surface area contributed by atoms with Crippen LogP contribution >= 0.6 is 0 Å². The van der Waals surface area contributed by atoms with Gasteiger partial charge in [0.25, 0.3) is 0 Å². The molecule has 0 radical (unpaired) electrons. The summed E-state index contributed by atoms with van der Waals surface area (Å²) in [5.74, 6) is -21.2. The number of carbonyl (C=O) groups excluding carboxylic acids is 8. The Kier molecular flexibility index (Phi) is 57.9. The number of carboxylic acid groups (broad SMARTS) is 12. The van der Waals surface area contributed by atoms with Crippen molar-refractivity contribution in [3.8, 4) is 0 Å². The second kappa shape index (κ2) is 65.4. The van der Waals surface area contributed by atoms with Crippen LogP contribution < -0.4 is 63.8 Å². The van der Waals surface area contributed by atoms with Crippen LogP contribution in [0.1, 0.15) is 27.7 Å². The topological polar surface area (TPSA) is 767 Å². The van der Waals surface area contributed by atoms with E-state index in [0.29, 0.717) is 0 Å². The fraction of sp³-hybridized carbons (Fsp3) is 0.740. The lowest BCUT2D eigenvalue weighted by Gasteiger charge is -2.35. The minimum absolute atomic E-state index is 0.00628. The van der Waals surface area contributed by atoms with E-state index in [4.69, 9.17) is 10.2 Å². The van der Waals surface area contributed by atoms with Crippen LogP contribution in [0.2, 0.25) is 0 Å². The van der Waals surface area contributed by atoms with Crippen molar-refractivity contribution >= 4 is 119 Å². The van der Waals surface area contributed by atoms with Gasteiger partial charge in [-0.1, -0.05) is 0 Å². The highest BCUT2D eigenvalue weighted by Crippen LogP contribution is 2.15. The van der Waals surface area contributed by atoms with Crippen LogP contribution in [0.25, 0.3) is 0 Å². The zero-order chi connectivity index (χ0) is 99.7. The van der Waals surface area contributed by atoms with Crippen LogP contribution in [-0.2, 0) is 95.9 Å². The van der Waals surface area contributed by atoms with Crippen LogP contribution in [-0.4, -0.2) is 577 Å². The summed E-state index contributed by atoms with van der Waals surface area (Å²) in [6.45, 7) is -4.67. The Morgan fingerprint density at radius 1 is 0.248 bits per heavy atom. The van der Waals surface area contributed by atoms with Gasteiger partial charge in [0.15, 0.2) is 0 Å². The summed E-state index contributed by atoms with van der Waals surface area (Å²) < 4.78 is 0. The summed E-state index contributed by atoms with van der Waals surface area (Å²) in [5, 5.41) is 147. The second-order valence-electron chi connectivity index (χ2n) is 32.1. The van der Waals surface area contributed by atoms with Gasteiger partial charge >= 0.3 is 71.6 Å². The number of nitrogens with zero attached hydrogens (tertiary/aromatic N) is 12. The van der Waals surface area contributed by atoms with E-state index in [2.05, 4.69) is 63.8 Å². The molecule has 2 fully saturated rings. The number of nitrogens with one attached hydrogen (secondary N) is 12. The Morgan fingerprint density at radius 3 is 0.654 bits per heavy atom. The first-order chi connectivity index (χ1) is 62.7. The van der Waals surface area contributed by atoms with Crippen molar-refractivity contribution in [2.75, 3.05) is 314 Å². The summed E-state index contributed by atoms with van der Waals surface area (Å²) >= 11 is 0. The molecule has 0 bridgehead atoms. The molecule has 4 unspecified atom stereocenters. The Balaban J connectivity index is 2.71. The molecular formula is C77H136N24O32.